The van der Waals surface area contributed by atoms with Crippen LogP contribution in [0.5, 0.6) is 11.5 Å². The molecule has 0 N–H and O–H groups in total. The molecule has 0 saturated heterocycles. The van der Waals surface area contributed by atoms with Gasteiger partial charge in [-0.05, 0) is 17.5 Å². The van der Waals surface area contributed by atoms with Crippen LogP contribution in [0.1, 0.15) is 17.9 Å². The highest BCUT2D eigenvalue weighted by atomic mass is 32.1. The van der Waals surface area contributed by atoms with E-state index in [0.717, 1.165) is 10.4 Å². The average Bonchev–Trinajstić information content (AvgIpc) is 3.37. The predicted octanol–water partition coefficient (Wildman–Crippen LogP) is 3.41. The summed E-state index contributed by atoms with van der Waals surface area (Å²) in [5.74, 6) is 2.27. The maximum Gasteiger partial charge on any atom is 0.227 e. The molecule has 0 unspecified atom stereocenters. The maximum absolute atomic E-state index is 12.5. The van der Waals surface area contributed by atoms with Crippen molar-refractivity contribution < 1.29 is 18.8 Å². The monoisotopic (exact) mass is 387 g/mol. The van der Waals surface area contributed by atoms with Gasteiger partial charge in [0.15, 0.2) is 11.5 Å². The number of aryl methyl sites for hydroxylation is 1. The van der Waals surface area contributed by atoms with Crippen molar-refractivity contribution in [1.29, 1.82) is 0 Å². The van der Waals surface area contributed by atoms with Crippen LogP contribution in [-0.2, 0) is 17.8 Å². The molecule has 0 spiro atoms. The number of rotatable bonds is 8. The molecule has 0 atom stereocenters. The molecule has 0 saturated carbocycles. The Labute approximate surface area is 161 Å². The minimum Gasteiger partial charge on any atom is -0.493 e. The molecule has 1 amide bonds. The van der Waals surface area contributed by atoms with Crippen molar-refractivity contribution in [2.24, 2.45) is 0 Å². The van der Waals surface area contributed by atoms with Crippen molar-refractivity contribution in [2.45, 2.75) is 19.4 Å². The summed E-state index contributed by atoms with van der Waals surface area (Å²) >= 11 is 1.54. The third-order valence-corrected chi connectivity index (χ3v) is 4.95. The van der Waals surface area contributed by atoms with E-state index in [-0.39, 0.29) is 12.3 Å². The molecule has 0 aliphatic carbocycles. The number of benzene rings is 1. The number of para-hydroxylation sites is 1. The van der Waals surface area contributed by atoms with E-state index in [1.165, 1.54) is 0 Å². The maximum atomic E-state index is 12.5. The Morgan fingerprint density at radius 3 is 2.78 bits per heavy atom. The first kappa shape index (κ1) is 18.9. The lowest BCUT2D eigenvalue weighted by Crippen LogP contribution is -2.26. The van der Waals surface area contributed by atoms with Gasteiger partial charge in [-0.15, -0.1) is 11.3 Å². The van der Waals surface area contributed by atoms with Crippen LogP contribution < -0.4 is 9.47 Å². The summed E-state index contributed by atoms with van der Waals surface area (Å²) in [7, 11) is 4.93. The fraction of sp³-hybridized carbons (Fsp3) is 0.316. The molecule has 0 aliphatic heterocycles. The fourth-order valence-electron chi connectivity index (χ4n) is 2.69. The summed E-state index contributed by atoms with van der Waals surface area (Å²) in [6.45, 7) is 0.420. The second-order valence-corrected chi connectivity index (χ2v) is 6.84. The lowest BCUT2D eigenvalue weighted by molar-refractivity contribution is -0.130. The highest BCUT2D eigenvalue weighted by Crippen LogP contribution is 2.31. The Bertz CT molecular complexity index is 892. The van der Waals surface area contributed by atoms with Gasteiger partial charge in [-0.2, -0.15) is 4.98 Å². The van der Waals surface area contributed by atoms with Crippen LogP contribution in [0, 0.1) is 0 Å². The minimum atomic E-state index is -0.0178. The first-order valence-corrected chi connectivity index (χ1v) is 9.30. The first-order valence-electron chi connectivity index (χ1n) is 8.42. The molecule has 0 bridgehead atoms. The van der Waals surface area contributed by atoms with Gasteiger partial charge >= 0.3 is 0 Å². The van der Waals surface area contributed by atoms with Gasteiger partial charge in [-0.25, -0.2) is 0 Å². The normalized spacial score (nSPS) is 10.6. The highest BCUT2D eigenvalue weighted by Gasteiger charge is 2.16. The topological polar surface area (TPSA) is 77.7 Å². The molecule has 0 aliphatic rings. The summed E-state index contributed by atoms with van der Waals surface area (Å²) in [5, 5.41) is 5.92. The van der Waals surface area contributed by atoms with Crippen molar-refractivity contribution >= 4 is 17.2 Å². The van der Waals surface area contributed by atoms with Crippen LogP contribution in [0.15, 0.2) is 40.2 Å². The van der Waals surface area contributed by atoms with Crippen molar-refractivity contribution in [1.82, 2.24) is 15.0 Å². The molecule has 3 aromatic rings. The van der Waals surface area contributed by atoms with Crippen LogP contribution in [-0.4, -0.2) is 42.2 Å². The van der Waals surface area contributed by atoms with Crippen LogP contribution >= 0.6 is 11.3 Å². The second kappa shape index (κ2) is 8.68. The van der Waals surface area contributed by atoms with Gasteiger partial charge in [0.1, 0.15) is 0 Å². The first-order chi connectivity index (χ1) is 13.1. The number of hydrogen-bond donors (Lipinski definition) is 0. The number of hydrogen-bond acceptors (Lipinski definition) is 7. The SMILES string of the molecule is COc1cccc(CN(C)C(=O)CCc2nc(-c3cccs3)no2)c1OC. The number of aromatic nitrogens is 2. The summed E-state index contributed by atoms with van der Waals surface area (Å²) in [5.41, 5.74) is 0.880. The van der Waals surface area contributed by atoms with Crippen LogP contribution in [0.2, 0.25) is 0 Å². The number of methoxy groups -OCH3 is 2. The third-order valence-electron chi connectivity index (χ3n) is 4.08. The smallest absolute Gasteiger partial charge is 0.227 e. The van der Waals surface area contributed by atoms with Gasteiger partial charge in [0.2, 0.25) is 17.6 Å². The number of carbonyl (C=O) groups excluding carboxylic acids is 1. The largest absolute Gasteiger partial charge is 0.493 e. The lowest BCUT2D eigenvalue weighted by Gasteiger charge is -2.19. The fourth-order valence-corrected chi connectivity index (χ4v) is 3.34. The van der Waals surface area contributed by atoms with E-state index >= 15 is 0 Å². The molecular formula is C19H21N3O4S. The molecule has 27 heavy (non-hydrogen) atoms. The quantitative estimate of drug-likeness (QED) is 0.589. The lowest BCUT2D eigenvalue weighted by atomic mass is 10.1. The van der Waals surface area contributed by atoms with Gasteiger partial charge in [0, 0.05) is 32.0 Å². The van der Waals surface area contributed by atoms with Crippen LogP contribution in [0.4, 0.5) is 0 Å². The minimum absolute atomic E-state index is 0.0178. The summed E-state index contributed by atoms with van der Waals surface area (Å²) in [6.07, 6.45) is 0.686. The summed E-state index contributed by atoms with van der Waals surface area (Å²) in [6, 6.07) is 9.47. The van der Waals surface area contributed by atoms with Gasteiger partial charge in [-0.1, -0.05) is 23.4 Å². The van der Waals surface area contributed by atoms with E-state index in [1.807, 2.05) is 35.7 Å². The Hall–Kier alpha value is -2.87. The Balaban J connectivity index is 1.58. The molecule has 0 fully saturated rings. The average molecular weight is 387 g/mol. The van der Waals surface area contributed by atoms with E-state index < -0.39 is 0 Å². The zero-order valence-corrected chi connectivity index (χ0v) is 16.3. The van der Waals surface area contributed by atoms with E-state index in [2.05, 4.69) is 10.1 Å². The molecule has 142 valence electrons. The molecule has 2 heterocycles. The molecule has 1 aromatic carbocycles. The molecular weight excluding hydrogens is 366 g/mol. The number of thiophene rings is 1. The Morgan fingerprint density at radius 2 is 2.07 bits per heavy atom. The van der Waals surface area contributed by atoms with E-state index in [1.54, 1.807) is 37.5 Å². The van der Waals surface area contributed by atoms with Crippen molar-refractivity contribution in [3.8, 4) is 22.2 Å². The third kappa shape index (κ3) is 4.46. The molecule has 0 radical (unpaired) electrons. The van der Waals surface area contributed by atoms with Crippen molar-refractivity contribution in [3.05, 3.63) is 47.2 Å². The molecule has 7 nitrogen and oxygen atoms in total. The van der Waals surface area contributed by atoms with Crippen LogP contribution in [0.25, 0.3) is 10.7 Å². The molecule has 3 rings (SSSR count). The predicted molar refractivity (Wildman–Crippen MR) is 102 cm³/mol. The number of carbonyl (C=O) groups is 1. The summed E-state index contributed by atoms with van der Waals surface area (Å²) in [4.78, 5) is 19.4. The van der Waals surface area contributed by atoms with Crippen molar-refractivity contribution in [2.75, 3.05) is 21.3 Å². The van der Waals surface area contributed by atoms with E-state index in [4.69, 9.17) is 14.0 Å². The van der Waals surface area contributed by atoms with E-state index in [0.29, 0.717) is 36.2 Å². The molecule has 8 heteroatoms. The van der Waals surface area contributed by atoms with Crippen molar-refractivity contribution in [3.63, 3.8) is 0 Å². The Kier molecular flexibility index (Phi) is 6.08. The second-order valence-electron chi connectivity index (χ2n) is 5.89. The highest BCUT2D eigenvalue weighted by molar-refractivity contribution is 7.13. The standard InChI is InChI=1S/C19H21N3O4S/c1-22(12-13-6-4-7-14(24-2)18(13)25-3)17(23)10-9-16-20-19(21-26-16)15-8-5-11-27-15/h4-8,11H,9-10,12H2,1-3H3. The number of ether oxygens (including phenoxy) is 2. The number of nitrogens with zero attached hydrogens (tertiary/aromatic N) is 3. The van der Waals surface area contributed by atoms with Gasteiger partial charge in [-0.3, -0.25) is 4.79 Å². The van der Waals surface area contributed by atoms with Gasteiger partial charge < -0.3 is 18.9 Å². The van der Waals surface area contributed by atoms with E-state index in [9.17, 15) is 4.79 Å². The Morgan fingerprint density at radius 1 is 1.22 bits per heavy atom. The van der Waals surface area contributed by atoms with Gasteiger partial charge in [0.05, 0.1) is 19.1 Å². The van der Waals surface area contributed by atoms with Crippen LogP contribution in [0.3, 0.4) is 0 Å². The van der Waals surface area contributed by atoms with Gasteiger partial charge in [0.25, 0.3) is 0 Å². The molecule has 2 aromatic heterocycles. The summed E-state index contributed by atoms with van der Waals surface area (Å²) < 4.78 is 16.0. The number of amides is 1. The zero-order chi connectivity index (χ0) is 19.2. The zero-order valence-electron chi connectivity index (χ0n) is 15.5.